The van der Waals surface area contributed by atoms with E-state index in [0.717, 1.165) is 16.8 Å². The van der Waals surface area contributed by atoms with Crippen molar-refractivity contribution in [2.24, 2.45) is 4.99 Å². The van der Waals surface area contributed by atoms with E-state index in [1.54, 1.807) is 18.6 Å². The van der Waals surface area contributed by atoms with Gasteiger partial charge < -0.3 is 5.11 Å². The van der Waals surface area contributed by atoms with Gasteiger partial charge in [-0.1, -0.05) is 32.9 Å². The number of hydrogen-bond donors (Lipinski definition) is 1. The molecule has 0 bridgehead atoms. The maximum Gasteiger partial charge on any atom is 0.128 e. The summed E-state index contributed by atoms with van der Waals surface area (Å²) in [7, 11) is 0. The fourth-order valence-corrected chi connectivity index (χ4v) is 1.84. The Hall–Kier alpha value is -2.16. The van der Waals surface area contributed by atoms with Crippen LogP contribution in [-0.4, -0.2) is 16.3 Å². The first kappa shape index (κ1) is 13.3. The first-order chi connectivity index (χ1) is 8.98. The van der Waals surface area contributed by atoms with Crippen LogP contribution in [0, 0.1) is 0 Å². The van der Waals surface area contributed by atoms with Crippen molar-refractivity contribution in [3.05, 3.63) is 53.9 Å². The highest BCUT2D eigenvalue weighted by atomic mass is 16.3. The molecule has 0 fully saturated rings. The summed E-state index contributed by atoms with van der Waals surface area (Å²) in [4.78, 5) is 8.31. The van der Waals surface area contributed by atoms with E-state index in [1.165, 1.54) is 0 Å². The third-order valence-electron chi connectivity index (χ3n) is 2.87. The fourth-order valence-electron chi connectivity index (χ4n) is 1.84. The Kier molecular flexibility index (Phi) is 3.65. The second kappa shape index (κ2) is 5.22. The summed E-state index contributed by atoms with van der Waals surface area (Å²) in [6.07, 6.45) is 5.06. The molecule has 2 rings (SSSR count). The topological polar surface area (TPSA) is 45.5 Å². The van der Waals surface area contributed by atoms with Gasteiger partial charge in [-0.25, -0.2) is 0 Å². The van der Waals surface area contributed by atoms with Gasteiger partial charge in [-0.15, -0.1) is 0 Å². The first-order valence-electron chi connectivity index (χ1n) is 6.25. The van der Waals surface area contributed by atoms with E-state index in [1.807, 2.05) is 30.3 Å². The number of aromatic nitrogens is 1. The Labute approximate surface area is 113 Å². The highest BCUT2D eigenvalue weighted by Crippen LogP contribution is 2.32. The van der Waals surface area contributed by atoms with Crippen molar-refractivity contribution >= 4 is 11.9 Å². The van der Waals surface area contributed by atoms with Gasteiger partial charge in [0.25, 0.3) is 0 Å². The maximum atomic E-state index is 10.3. The number of nitrogens with zero attached hydrogens (tertiary/aromatic N) is 2. The largest absolute Gasteiger partial charge is 0.507 e. The minimum atomic E-state index is -0.0950. The zero-order chi connectivity index (χ0) is 13.9. The average molecular weight is 254 g/mol. The van der Waals surface area contributed by atoms with Gasteiger partial charge in [0, 0.05) is 18.0 Å². The lowest BCUT2D eigenvalue weighted by molar-refractivity contribution is 0.446. The van der Waals surface area contributed by atoms with E-state index in [-0.39, 0.29) is 5.41 Å². The van der Waals surface area contributed by atoms with Crippen LogP contribution in [0.1, 0.15) is 31.9 Å². The van der Waals surface area contributed by atoms with Crippen molar-refractivity contribution in [1.29, 1.82) is 0 Å². The molecule has 0 radical (unpaired) electrons. The number of aliphatic imine (C=N–C) groups is 1. The molecular formula is C16H18N2O. The third-order valence-corrected chi connectivity index (χ3v) is 2.87. The van der Waals surface area contributed by atoms with E-state index >= 15 is 0 Å². The highest BCUT2D eigenvalue weighted by molar-refractivity contribution is 5.86. The summed E-state index contributed by atoms with van der Waals surface area (Å²) in [6, 6.07) is 9.43. The third kappa shape index (κ3) is 3.19. The van der Waals surface area contributed by atoms with Crippen LogP contribution in [0.3, 0.4) is 0 Å². The molecule has 3 heteroatoms. The predicted octanol–water partition coefficient (Wildman–Crippen LogP) is 3.84. The van der Waals surface area contributed by atoms with Crippen LogP contribution in [0.25, 0.3) is 0 Å². The summed E-state index contributed by atoms with van der Waals surface area (Å²) in [5.41, 5.74) is 2.31. The molecule has 0 aliphatic carbocycles. The molecule has 0 aliphatic rings. The van der Waals surface area contributed by atoms with E-state index < -0.39 is 0 Å². The molecule has 0 saturated heterocycles. The van der Waals surface area contributed by atoms with Gasteiger partial charge in [0.15, 0.2) is 0 Å². The van der Waals surface area contributed by atoms with Crippen molar-refractivity contribution in [3.8, 4) is 5.75 Å². The Morgan fingerprint density at radius 2 is 1.95 bits per heavy atom. The normalized spacial score (nSPS) is 11.9. The Bertz CT molecular complexity index is 583. The standard InChI is InChI=1S/C16H18N2O/c1-16(2,3)14-8-4-6-12(15(14)19)10-18-13-7-5-9-17-11-13/h4-11,19H,1-3H3. The highest BCUT2D eigenvalue weighted by Gasteiger charge is 2.18. The summed E-state index contributed by atoms with van der Waals surface area (Å²) in [5, 5.41) is 10.3. The van der Waals surface area contributed by atoms with Gasteiger partial charge in [0.2, 0.25) is 0 Å². The molecule has 19 heavy (non-hydrogen) atoms. The Morgan fingerprint density at radius 3 is 2.58 bits per heavy atom. The van der Waals surface area contributed by atoms with Crippen molar-refractivity contribution in [2.45, 2.75) is 26.2 Å². The molecule has 1 N–H and O–H groups in total. The molecule has 0 spiro atoms. The molecule has 1 aromatic heterocycles. The Balaban J connectivity index is 2.34. The van der Waals surface area contributed by atoms with Gasteiger partial charge in [-0.2, -0.15) is 0 Å². The number of phenols is 1. The average Bonchev–Trinajstić information content (AvgIpc) is 2.37. The van der Waals surface area contributed by atoms with Crippen LogP contribution in [-0.2, 0) is 5.41 Å². The van der Waals surface area contributed by atoms with Crippen LogP contribution < -0.4 is 0 Å². The van der Waals surface area contributed by atoms with E-state index in [0.29, 0.717) is 5.75 Å². The number of aromatic hydroxyl groups is 1. The lowest BCUT2D eigenvalue weighted by Gasteiger charge is -2.21. The lowest BCUT2D eigenvalue weighted by Crippen LogP contribution is -2.11. The summed E-state index contributed by atoms with van der Waals surface area (Å²) >= 11 is 0. The minimum absolute atomic E-state index is 0.0950. The zero-order valence-electron chi connectivity index (χ0n) is 11.5. The number of para-hydroxylation sites is 1. The molecule has 1 heterocycles. The smallest absolute Gasteiger partial charge is 0.128 e. The van der Waals surface area contributed by atoms with Crippen molar-refractivity contribution in [3.63, 3.8) is 0 Å². The number of rotatable bonds is 2. The molecule has 0 atom stereocenters. The van der Waals surface area contributed by atoms with Gasteiger partial charge in [-0.05, 0) is 29.2 Å². The fraction of sp³-hybridized carbons (Fsp3) is 0.250. The van der Waals surface area contributed by atoms with Crippen molar-refractivity contribution in [2.75, 3.05) is 0 Å². The van der Waals surface area contributed by atoms with E-state index in [4.69, 9.17) is 0 Å². The van der Waals surface area contributed by atoms with Crippen LogP contribution in [0.15, 0.2) is 47.7 Å². The molecule has 0 saturated carbocycles. The van der Waals surface area contributed by atoms with Crippen molar-refractivity contribution in [1.82, 2.24) is 4.98 Å². The van der Waals surface area contributed by atoms with Crippen LogP contribution in [0.2, 0.25) is 0 Å². The predicted molar refractivity (Wildman–Crippen MR) is 78.3 cm³/mol. The minimum Gasteiger partial charge on any atom is -0.507 e. The summed E-state index contributed by atoms with van der Waals surface area (Å²) < 4.78 is 0. The first-order valence-corrected chi connectivity index (χ1v) is 6.25. The van der Waals surface area contributed by atoms with E-state index in [2.05, 4.69) is 30.7 Å². The lowest BCUT2D eigenvalue weighted by atomic mass is 9.85. The molecule has 0 aliphatic heterocycles. The van der Waals surface area contributed by atoms with Gasteiger partial charge in [0.1, 0.15) is 5.75 Å². The Morgan fingerprint density at radius 1 is 1.16 bits per heavy atom. The van der Waals surface area contributed by atoms with Crippen LogP contribution in [0.5, 0.6) is 5.75 Å². The molecule has 3 nitrogen and oxygen atoms in total. The number of phenolic OH excluding ortho intramolecular Hbond substituents is 1. The van der Waals surface area contributed by atoms with Gasteiger partial charge >= 0.3 is 0 Å². The molecule has 0 unspecified atom stereocenters. The van der Waals surface area contributed by atoms with Crippen LogP contribution >= 0.6 is 0 Å². The quantitative estimate of drug-likeness (QED) is 0.828. The summed E-state index contributed by atoms with van der Waals surface area (Å²) in [6.45, 7) is 6.22. The summed E-state index contributed by atoms with van der Waals surface area (Å²) in [5.74, 6) is 0.294. The van der Waals surface area contributed by atoms with E-state index in [9.17, 15) is 5.11 Å². The molecule has 1 aromatic carbocycles. The molecule has 98 valence electrons. The second-order valence-electron chi connectivity index (χ2n) is 5.46. The molecular weight excluding hydrogens is 236 g/mol. The molecule has 0 amide bonds. The number of hydrogen-bond acceptors (Lipinski definition) is 3. The number of pyridine rings is 1. The van der Waals surface area contributed by atoms with Crippen molar-refractivity contribution < 1.29 is 5.11 Å². The van der Waals surface area contributed by atoms with Gasteiger partial charge in [-0.3, -0.25) is 9.98 Å². The zero-order valence-corrected chi connectivity index (χ0v) is 11.5. The monoisotopic (exact) mass is 254 g/mol. The maximum absolute atomic E-state index is 10.3. The molecule has 2 aromatic rings. The van der Waals surface area contributed by atoms with Crippen LogP contribution in [0.4, 0.5) is 5.69 Å². The second-order valence-corrected chi connectivity index (χ2v) is 5.46. The number of benzene rings is 1. The van der Waals surface area contributed by atoms with Gasteiger partial charge in [0.05, 0.1) is 11.9 Å². The SMILES string of the molecule is CC(C)(C)c1cccc(C=Nc2cccnc2)c1O.